The zero-order valence-corrected chi connectivity index (χ0v) is 70.1. The maximum atomic E-state index is 14.2. The van der Waals surface area contributed by atoms with Gasteiger partial charge in [-0.2, -0.15) is 26.3 Å². The Balaban J connectivity index is 0.000000106. The van der Waals surface area contributed by atoms with Gasteiger partial charge in [0.2, 0.25) is 5.41 Å². The van der Waals surface area contributed by atoms with Crippen LogP contribution in [-0.2, 0) is 52.8 Å². The quantitative estimate of drug-likeness (QED) is 0.0519. The first-order valence-corrected chi connectivity index (χ1v) is 40.6. The van der Waals surface area contributed by atoms with E-state index in [4.69, 9.17) is 9.47 Å². The number of carbonyl (C=O) groups excluding carboxylic acids is 20. The molecule has 36 nitrogen and oxygen atoms in total. The van der Waals surface area contributed by atoms with E-state index in [0.717, 1.165) is 23.3 Å². The fourth-order valence-corrected chi connectivity index (χ4v) is 17.2. The average Bonchev–Trinajstić information content (AvgIpc) is 1.70. The molecule has 0 amide bonds. The van der Waals surface area contributed by atoms with Crippen molar-refractivity contribution in [1.29, 1.82) is 0 Å². The molecule has 0 N–H and O–H groups in total. The highest BCUT2D eigenvalue weighted by Gasteiger charge is 2.73. The lowest BCUT2D eigenvalue weighted by atomic mass is 9.71. The van der Waals surface area contributed by atoms with Gasteiger partial charge >= 0.3 is 154 Å². The number of benzene rings is 13. The third kappa shape index (κ3) is 14.6. The molecule has 10 aliphatic rings. The van der Waals surface area contributed by atoms with Gasteiger partial charge in [0.1, 0.15) is 0 Å². The third-order valence-corrected chi connectivity index (χ3v) is 23.7. The van der Waals surface area contributed by atoms with Gasteiger partial charge in [-0.25, -0.2) is 115 Å². The number of furan rings is 2. The Labute approximate surface area is 781 Å². The molecule has 0 bridgehead atoms. The van der Waals surface area contributed by atoms with Gasteiger partial charge in [0.05, 0.1) is 133 Å². The van der Waals surface area contributed by atoms with E-state index in [0.29, 0.717) is 90.3 Å². The molecule has 143 heavy (non-hydrogen) atoms. The van der Waals surface area contributed by atoms with E-state index in [1.54, 1.807) is 72.8 Å². The lowest BCUT2D eigenvalue weighted by molar-refractivity contribution is -0.288. The van der Waals surface area contributed by atoms with Crippen LogP contribution in [-0.4, -0.2) is 132 Å². The predicted molar refractivity (Wildman–Crippen MR) is 458 cm³/mol. The van der Waals surface area contributed by atoms with Crippen molar-refractivity contribution in [3.63, 3.8) is 0 Å². The number of carbonyl (C=O) groups is 20. The second kappa shape index (κ2) is 32.9. The number of ether oxygens (including phenoxy) is 10. The molecule has 13 aromatic carbocycles. The van der Waals surface area contributed by atoms with Crippen molar-refractivity contribution in [2.75, 3.05) is 0 Å². The van der Waals surface area contributed by atoms with E-state index < -0.39 is 193 Å². The van der Waals surface area contributed by atoms with Crippen LogP contribution in [0.5, 0.6) is 0 Å². The zero-order chi connectivity index (χ0) is 101. The largest absolute Gasteiger partial charge is 0.411 e. The molecule has 15 aromatic rings. The highest BCUT2D eigenvalue weighted by atomic mass is 19.4. The lowest BCUT2D eigenvalue weighted by Crippen LogP contribution is -2.55. The van der Waals surface area contributed by atoms with Gasteiger partial charge in [-0.15, -0.1) is 0 Å². The summed E-state index contributed by atoms with van der Waals surface area (Å²) in [6.07, 6.45) is -12.0. The van der Waals surface area contributed by atoms with E-state index in [9.17, 15) is 141 Å². The summed E-state index contributed by atoms with van der Waals surface area (Å²) in [6.45, 7) is 0. The van der Waals surface area contributed by atoms with Gasteiger partial charge in [-0.3, -0.25) is 0 Å². The van der Waals surface area contributed by atoms with Crippen LogP contribution in [0.4, 0.5) is 26.3 Å². The summed E-state index contributed by atoms with van der Waals surface area (Å²) in [6, 6.07) is 46.0. The van der Waals surface area contributed by atoms with Crippen molar-refractivity contribution in [2.24, 2.45) is 0 Å². The first-order chi connectivity index (χ1) is 68.0. The van der Waals surface area contributed by atoms with Gasteiger partial charge < -0.3 is 56.2 Å². The first-order valence-electron chi connectivity index (χ1n) is 40.6. The summed E-state index contributed by atoms with van der Waals surface area (Å²) >= 11 is 0. The molecule has 0 radical (unpaired) electrons. The molecule has 25 rings (SSSR count). The summed E-state index contributed by atoms with van der Waals surface area (Å²) in [7, 11) is 0. The molecule has 0 spiro atoms. The summed E-state index contributed by atoms with van der Waals surface area (Å²) in [5, 5.41) is 2.95. The minimum absolute atomic E-state index is 0.0181. The molecule has 0 fully saturated rings. The van der Waals surface area contributed by atoms with Crippen LogP contribution in [0.15, 0.2) is 234 Å². The molecule has 696 valence electrons. The Morgan fingerprint density at radius 2 is 0.378 bits per heavy atom. The van der Waals surface area contributed by atoms with Crippen molar-refractivity contribution in [2.45, 2.75) is 17.8 Å². The number of alkyl halides is 6. The Kier molecular flexibility index (Phi) is 20.8. The molecule has 0 saturated heterocycles. The van der Waals surface area contributed by atoms with Crippen molar-refractivity contribution in [1.82, 2.24) is 0 Å². The highest BCUT2D eigenvalue weighted by molar-refractivity contribution is 6.31. The average molecular weight is 1940 g/mol. The molecule has 0 saturated carbocycles. The van der Waals surface area contributed by atoms with Crippen LogP contribution in [0.25, 0.3) is 76.1 Å². The molecule has 2 aromatic heterocycles. The van der Waals surface area contributed by atoms with Crippen LogP contribution >= 0.6 is 0 Å². The van der Waals surface area contributed by atoms with Crippen molar-refractivity contribution >= 4 is 173 Å². The van der Waals surface area contributed by atoms with Crippen LogP contribution in [0.2, 0.25) is 0 Å². The Hall–Kier alpha value is -20.5. The van der Waals surface area contributed by atoms with Crippen LogP contribution in [0, 0.1) is 11.8 Å². The number of halogens is 6. The first kappa shape index (κ1) is 90.3. The summed E-state index contributed by atoms with van der Waals surface area (Å²) in [5.74, 6) is -10.9. The van der Waals surface area contributed by atoms with Crippen LogP contribution < -0.4 is 22.5 Å². The fourth-order valence-electron chi connectivity index (χ4n) is 17.2. The molecule has 12 heterocycles. The summed E-state index contributed by atoms with van der Waals surface area (Å²) in [5.41, 5.74) is -6.08. The third-order valence-electron chi connectivity index (χ3n) is 23.7. The van der Waals surface area contributed by atoms with Gasteiger partial charge in [0, 0.05) is 32.7 Å². The van der Waals surface area contributed by atoms with E-state index >= 15 is 0 Å². The Morgan fingerprint density at radius 3 is 0.643 bits per heavy atom. The molecule has 42 heteroatoms. The minimum atomic E-state index is -6.02. The Morgan fingerprint density at radius 1 is 0.175 bits per heavy atom. The van der Waals surface area contributed by atoms with E-state index in [1.165, 1.54) is 72.8 Å². The maximum Gasteiger partial charge on any atom is 0.411 e. The number of hydrogen-bond acceptors (Lipinski definition) is 36. The predicted octanol–water partition coefficient (Wildman–Crippen LogP) is 12.6. The number of fused-ring (bicyclic) bond motifs is 8. The minimum Gasteiger partial charge on any atom is -0.386 e. The normalized spacial score (nSPS) is 15.0. The molecule has 10 aliphatic heterocycles. The SMILES string of the molecule is O=C1OC(=O)c2cc(-c3ccc4c(c3)C(=O)OC4=O)ccc21.O=C1OC(=O)c2cc(C#Cc3ccc4c(c3)C(=O)OC4=O)ccc21.O=C1OC(=O)c2cc(C(c3ccc4c(c3)C(=O)OC4=O)(C(F)(F)F)C(F)(F)F)ccc21.O=C1OC(=O)c2ccc(-c3ccc4c5c(cccc35)C(=O)OC4=O)c3cccc1c23.O=C1OC(=O)c2ccc3c4c(ccc1c24)C(=O)OC3=O.O=c1oc(=O)c2cc3c(=O)oc(=O)c3cc12. The summed E-state index contributed by atoms with van der Waals surface area (Å²) in [4.78, 5) is 279. The van der Waals surface area contributed by atoms with Crippen LogP contribution in [0.3, 0.4) is 0 Å². The van der Waals surface area contributed by atoms with Crippen molar-refractivity contribution in [3.05, 3.63) is 381 Å². The molecule has 0 unspecified atom stereocenters. The Bertz CT molecular complexity index is 8440. The van der Waals surface area contributed by atoms with Crippen molar-refractivity contribution in [3.8, 4) is 34.1 Å². The standard InChI is InChI=1S/C24H10O6.C19H6F6O6.C18H6O6.C16H6O6.C14H4O6.C10H2O6/c25-21-15-5-1-3-13-11(7-9-17(19(13)15)23(27)29-21)12-8-10-18-20-14(12)4-2-6-16(20)22(26)30-24(18)28;20-18(21,22)17(19(23,24)25,7-1-3-9-11(5-7)15(28)30-13(9)26)8-2-4-10-12(6-8)16(29)31-14(10)27;19-15-11-5-3-9(7-13(11)17(21)23-15)1-2-10-4-6-12-14(8-10)18(22)24-16(12)20;17-13-9-3-1-7(5-11(9)15(19)21-13)8-2-4-10-12(6-8)16(20)22-14(10)18;15-11-5-1-2-6-10-8(14(18)20-12(6)16)4-3-7(9(5)10)13(17)19-11;11-7-3-1-4-6(10(14)16-8(4)12)2-5(3)9(13)15-7/h1-10H;1-6H;3-8H;1-6H;1-4H;1-2H. The number of cyclic esters (lactones) is 20. The lowest BCUT2D eigenvalue weighted by Gasteiger charge is -2.38. The van der Waals surface area contributed by atoms with Gasteiger partial charge in [0.25, 0.3) is 0 Å². The summed E-state index contributed by atoms with van der Waals surface area (Å²) < 4.78 is 139. The second-order valence-electron chi connectivity index (χ2n) is 31.5. The van der Waals surface area contributed by atoms with Gasteiger partial charge in [0.15, 0.2) is 0 Å². The molecular formula is C101H34F6O36. The number of esters is 20. The number of hydrogen-bond donors (Lipinski definition) is 0. The smallest absolute Gasteiger partial charge is 0.386 e. The topological polar surface area (TPSA) is 528 Å². The second-order valence-corrected chi connectivity index (χ2v) is 31.5. The van der Waals surface area contributed by atoms with Crippen molar-refractivity contribution < 1.29 is 178 Å². The zero-order valence-electron chi connectivity index (χ0n) is 70.1. The van der Waals surface area contributed by atoms with Gasteiger partial charge in [-0.1, -0.05) is 72.5 Å². The monoisotopic (exact) mass is 1940 g/mol. The van der Waals surface area contributed by atoms with E-state index in [1.807, 2.05) is 12.1 Å². The molecule has 0 atom stereocenters. The van der Waals surface area contributed by atoms with E-state index in [2.05, 4.69) is 58.6 Å². The highest BCUT2D eigenvalue weighted by Crippen LogP contribution is 2.57. The van der Waals surface area contributed by atoms with E-state index in [-0.39, 0.29) is 111 Å². The van der Waals surface area contributed by atoms with Gasteiger partial charge in [-0.05, 0) is 190 Å². The molecular weight excluding hydrogens is 1900 g/mol. The molecule has 0 aliphatic carbocycles. The maximum absolute atomic E-state index is 14.2. The number of rotatable bonds is 4. The fraction of sp³-hybridized carbons (Fsp3) is 0.0297. The van der Waals surface area contributed by atoms with Crippen LogP contribution in [0.1, 0.15) is 229 Å².